The van der Waals surface area contributed by atoms with E-state index in [4.69, 9.17) is 14.3 Å². The summed E-state index contributed by atoms with van der Waals surface area (Å²) in [5.74, 6) is 0.849. The van der Waals surface area contributed by atoms with Crippen molar-refractivity contribution in [2.45, 2.75) is 38.9 Å². The maximum Gasteiger partial charge on any atom is 0.494 e. The third-order valence-electron chi connectivity index (χ3n) is 7.32. The molecular formula is C29H28BN3O2. The number of aromatic amines is 2. The van der Waals surface area contributed by atoms with Gasteiger partial charge in [-0.05, 0) is 79.7 Å². The predicted molar refractivity (Wildman–Crippen MR) is 142 cm³/mol. The smallest absolute Gasteiger partial charge is 0.399 e. The van der Waals surface area contributed by atoms with Gasteiger partial charge >= 0.3 is 7.12 Å². The first-order chi connectivity index (χ1) is 16.8. The molecule has 2 aromatic heterocycles. The predicted octanol–water partition coefficient (Wildman–Crippen LogP) is 6.19. The number of hydrogen-bond donors (Lipinski definition) is 2. The lowest BCUT2D eigenvalue weighted by Gasteiger charge is -2.32. The van der Waals surface area contributed by atoms with Crippen molar-refractivity contribution in [3.63, 3.8) is 0 Å². The molecule has 0 atom stereocenters. The molecule has 6 rings (SSSR count). The summed E-state index contributed by atoms with van der Waals surface area (Å²) < 4.78 is 12.4. The quantitative estimate of drug-likeness (QED) is 0.314. The van der Waals surface area contributed by atoms with Gasteiger partial charge in [0.2, 0.25) is 0 Å². The average Bonchev–Trinajstić information content (AvgIpc) is 3.57. The van der Waals surface area contributed by atoms with Crippen LogP contribution in [0.2, 0.25) is 0 Å². The van der Waals surface area contributed by atoms with Crippen molar-refractivity contribution in [3.8, 4) is 33.8 Å². The highest BCUT2D eigenvalue weighted by Crippen LogP contribution is 2.36. The Morgan fingerprint density at radius 3 is 1.89 bits per heavy atom. The highest BCUT2D eigenvalue weighted by Gasteiger charge is 2.51. The molecular weight excluding hydrogens is 433 g/mol. The molecule has 3 heterocycles. The van der Waals surface area contributed by atoms with E-state index in [9.17, 15) is 0 Å². The number of aromatic nitrogens is 3. The summed E-state index contributed by atoms with van der Waals surface area (Å²) >= 11 is 0. The minimum absolute atomic E-state index is 0.338. The molecule has 2 N–H and O–H groups in total. The third kappa shape index (κ3) is 3.89. The molecule has 35 heavy (non-hydrogen) atoms. The lowest BCUT2D eigenvalue weighted by molar-refractivity contribution is 0.00578. The molecule has 3 aromatic carbocycles. The molecule has 0 unspecified atom stereocenters. The van der Waals surface area contributed by atoms with Crippen LogP contribution in [0.15, 0.2) is 85.1 Å². The molecule has 174 valence electrons. The van der Waals surface area contributed by atoms with Crippen LogP contribution in [0.4, 0.5) is 0 Å². The summed E-state index contributed by atoms with van der Waals surface area (Å²) in [7, 11) is -0.341. The fraction of sp³-hybridized carbons (Fsp3) is 0.207. The highest BCUT2D eigenvalue weighted by molar-refractivity contribution is 6.62. The second-order valence-corrected chi connectivity index (χ2v) is 10.2. The molecule has 0 spiro atoms. The molecule has 0 bridgehead atoms. The number of hydrogen-bond acceptors (Lipinski definition) is 3. The molecule has 1 saturated heterocycles. The van der Waals surface area contributed by atoms with Crippen LogP contribution in [-0.4, -0.2) is 33.3 Å². The van der Waals surface area contributed by atoms with Crippen molar-refractivity contribution in [1.82, 2.24) is 15.0 Å². The van der Waals surface area contributed by atoms with Gasteiger partial charge in [-0.3, -0.25) is 0 Å². The Hall–Kier alpha value is -3.61. The topological polar surface area (TPSA) is 62.9 Å². The number of imidazole rings is 1. The third-order valence-corrected chi connectivity index (χ3v) is 7.32. The fourth-order valence-corrected chi connectivity index (χ4v) is 4.46. The van der Waals surface area contributed by atoms with Gasteiger partial charge in [0.15, 0.2) is 5.82 Å². The van der Waals surface area contributed by atoms with E-state index >= 15 is 0 Å². The van der Waals surface area contributed by atoms with Crippen molar-refractivity contribution in [2.75, 3.05) is 0 Å². The van der Waals surface area contributed by atoms with Crippen LogP contribution in [0.3, 0.4) is 0 Å². The maximum atomic E-state index is 6.18. The summed E-state index contributed by atoms with van der Waals surface area (Å²) in [6, 6.07) is 27.5. The Kier molecular flexibility index (Phi) is 4.99. The van der Waals surface area contributed by atoms with Crippen molar-refractivity contribution in [2.24, 2.45) is 0 Å². The first kappa shape index (κ1) is 21.9. The molecule has 5 nitrogen and oxygen atoms in total. The van der Waals surface area contributed by atoms with Crippen molar-refractivity contribution in [3.05, 3.63) is 85.1 Å². The van der Waals surface area contributed by atoms with Crippen LogP contribution < -0.4 is 5.46 Å². The average molecular weight is 461 g/mol. The number of rotatable bonds is 4. The molecule has 1 aliphatic rings. The summed E-state index contributed by atoms with van der Waals surface area (Å²) in [6.07, 6.45) is 1.90. The molecule has 0 aliphatic carbocycles. The highest BCUT2D eigenvalue weighted by atomic mass is 16.7. The van der Waals surface area contributed by atoms with Crippen molar-refractivity contribution in [1.29, 1.82) is 0 Å². The molecule has 0 radical (unpaired) electrons. The van der Waals surface area contributed by atoms with E-state index < -0.39 is 0 Å². The largest absolute Gasteiger partial charge is 0.494 e. The zero-order chi connectivity index (χ0) is 24.2. The van der Waals surface area contributed by atoms with Crippen LogP contribution in [0.25, 0.3) is 44.8 Å². The van der Waals surface area contributed by atoms with Crippen LogP contribution >= 0.6 is 0 Å². The van der Waals surface area contributed by atoms with E-state index in [0.29, 0.717) is 0 Å². The summed E-state index contributed by atoms with van der Waals surface area (Å²) in [5.41, 5.74) is 7.98. The molecule has 5 aromatic rings. The molecule has 0 saturated carbocycles. The molecule has 1 fully saturated rings. The number of nitrogens with one attached hydrogen (secondary N) is 2. The van der Waals surface area contributed by atoms with Gasteiger partial charge in [-0.25, -0.2) is 4.98 Å². The van der Waals surface area contributed by atoms with E-state index in [1.54, 1.807) is 0 Å². The van der Waals surface area contributed by atoms with Gasteiger partial charge in [-0.1, -0.05) is 54.6 Å². The second kappa shape index (κ2) is 7.97. The van der Waals surface area contributed by atoms with E-state index in [2.05, 4.69) is 104 Å². The normalized spacial score (nSPS) is 16.7. The number of benzene rings is 3. The lowest BCUT2D eigenvalue weighted by atomic mass is 9.78. The van der Waals surface area contributed by atoms with Crippen molar-refractivity contribution < 1.29 is 9.31 Å². The van der Waals surface area contributed by atoms with E-state index in [1.165, 1.54) is 11.1 Å². The van der Waals surface area contributed by atoms with Crippen molar-refractivity contribution >= 4 is 23.6 Å². The van der Waals surface area contributed by atoms with Gasteiger partial charge in [-0.15, -0.1) is 0 Å². The standard InChI is InChI=1S/C29H28BN3O2/c1-28(2)29(3,4)35-30(34-28)23-14-11-20(12-15-23)19-7-9-21(10-8-19)22-13-16-24-26(18-22)33-27(32-24)25-6-5-17-31-25/h5-18,31H,1-4H3,(H,32,33). The minimum Gasteiger partial charge on any atom is -0.399 e. The maximum absolute atomic E-state index is 6.18. The lowest BCUT2D eigenvalue weighted by Crippen LogP contribution is -2.41. The van der Waals surface area contributed by atoms with Gasteiger partial charge in [0.05, 0.1) is 27.9 Å². The first-order valence-electron chi connectivity index (χ1n) is 12.0. The molecule has 1 aliphatic heterocycles. The summed E-state index contributed by atoms with van der Waals surface area (Å²) in [5, 5.41) is 0. The van der Waals surface area contributed by atoms with Crippen LogP contribution in [0, 0.1) is 0 Å². The zero-order valence-corrected chi connectivity index (χ0v) is 20.4. The number of nitrogens with zero attached hydrogens (tertiary/aromatic N) is 1. The van der Waals surface area contributed by atoms with Gasteiger partial charge in [0.25, 0.3) is 0 Å². The van der Waals surface area contributed by atoms with Crippen LogP contribution in [0.1, 0.15) is 27.7 Å². The molecule has 0 amide bonds. The first-order valence-corrected chi connectivity index (χ1v) is 12.0. The van der Waals surface area contributed by atoms with Gasteiger partial charge in [0, 0.05) is 6.20 Å². The van der Waals surface area contributed by atoms with Crippen LogP contribution in [-0.2, 0) is 9.31 Å². The van der Waals surface area contributed by atoms with Gasteiger partial charge in [0.1, 0.15) is 0 Å². The van der Waals surface area contributed by atoms with E-state index in [0.717, 1.165) is 39.1 Å². The van der Waals surface area contributed by atoms with E-state index in [-0.39, 0.29) is 18.3 Å². The zero-order valence-electron chi connectivity index (χ0n) is 20.4. The Labute approximate surface area is 205 Å². The number of fused-ring (bicyclic) bond motifs is 1. The summed E-state index contributed by atoms with van der Waals surface area (Å²) in [6.45, 7) is 8.31. The Bertz CT molecular complexity index is 1470. The minimum atomic E-state index is -0.341. The number of H-pyrrole nitrogens is 2. The Balaban J connectivity index is 1.22. The van der Waals surface area contributed by atoms with Gasteiger partial charge < -0.3 is 19.3 Å². The Morgan fingerprint density at radius 1 is 0.714 bits per heavy atom. The monoisotopic (exact) mass is 461 g/mol. The fourth-order valence-electron chi connectivity index (χ4n) is 4.46. The van der Waals surface area contributed by atoms with Gasteiger partial charge in [-0.2, -0.15) is 0 Å². The second-order valence-electron chi connectivity index (χ2n) is 10.2. The Morgan fingerprint density at radius 2 is 1.29 bits per heavy atom. The SMILES string of the molecule is CC1(C)OB(c2ccc(-c3ccc(-c4ccc5nc(-c6ccc[nH]6)[nH]c5c4)cc3)cc2)OC1(C)C. The van der Waals surface area contributed by atoms with Crippen LogP contribution in [0.5, 0.6) is 0 Å². The molecule has 6 heteroatoms. The van der Waals surface area contributed by atoms with E-state index in [1.807, 2.05) is 18.3 Å². The summed E-state index contributed by atoms with van der Waals surface area (Å²) in [4.78, 5) is 11.3.